The predicted molar refractivity (Wildman–Crippen MR) is 114 cm³/mol. The number of rotatable bonds is 10. The van der Waals surface area contributed by atoms with Crippen molar-refractivity contribution in [3.05, 3.63) is 65.9 Å². The number of anilines is 1. The van der Waals surface area contributed by atoms with E-state index in [9.17, 15) is 14.4 Å². The Kier molecular flexibility index (Phi) is 9.10. The average Bonchev–Trinajstić information content (AvgIpc) is 2.79. The van der Waals surface area contributed by atoms with Gasteiger partial charge in [-0.2, -0.15) is 0 Å². The smallest absolute Gasteiger partial charge is 0.374 e. The number of nitrogens with one attached hydrogen (secondary N) is 1. The van der Waals surface area contributed by atoms with Crippen molar-refractivity contribution < 1.29 is 33.3 Å². The lowest BCUT2D eigenvalue weighted by Gasteiger charge is -2.13. The topological polar surface area (TPSA) is 100 Å². The Morgan fingerprint density at radius 2 is 1.68 bits per heavy atom. The second-order valence-electron chi connectivity index (χ2n) is 6.30. The fraction of sp³-hybridized carbons (Fsp3) is 0.261. The van der Waals surface area contributed by atoms with Crippen LogP contribution in [0.25, 0.3) is 0 Å². The fourth-order valence-corrected chi connectivity index (χ4v) is 2.41. The molecule has 0 saturated carbocycles. The highest BCUT2D eigenvalue weighted by Gasteiger charge is 2.18. The molecule has 2 aromatic rings. The monoisotopic (exact) mass is 427 g/mol. The van der Waals surface area contributed by atoms with Crippen LogP contribution >= 0.6 is 0 Å². The summed E-state index contributed by atoms with van der Waals surface area (Å²) >= 11 is 0. The number of carbonyl (C=O) groups is 3. The summed E-state index contributed by atoms with van der Waals surface area (Å²) in [4.78, 5) is 36.1. The summed E-state index contributed by atoms with van der Waals surface area (Å²) in [7, 11) is 2.32. The van der Waals surface area contributed by atoms with Gasteiger partial charge >= 0.3 is 11.9 Å². The summed E-state index contributed by atoms with van der Waals surface area (Å²) in [5.41, 5.74) is 0.714. The molecule has 164 valence electrons. The first-order valence-electron chi connectivity index (χ1n) is 9.67. The van der Waals surface area contributed by atoms with Crippen LogP contribution in [0.5, 0.6) is 11.5 Å². The lowest BCUT2D eigenvalue weighted by atomic mass is 10.2. The molecule has 0 aromatic heterocycles. The van der Waals surface area contributed by atoms with Gasteiger partial charge in [-0.25, -0.2) is 9.59 Å². The van der Waals surface area contributed by atoms with E-state index in [1.54, 1.807) is 42.5 Å². The zero-order valence-electron chi connectivity index (χ0n) is 17.7. The number of benzene rings is 2. The van der Waals surface area contributed by atoms with Crippen LogP contribution in [0.4, 0.5) is 5.69 Å². The highest BCUT2D eigenvalue weighted by molar-refractivity contribution is 6.05. The van der Waals surface area contributed by atoms with Crippen molar-refractivity contribution in [1.29, 1.82) is 0 Å². The van der Waals surface area contributed by atoms with Crippen molar-refractivity contribution in [3.63, 3.8) is 0 Å². The van der Waals surface area contributed by atoms with Gasteiger partial charge in [0, 0.05) is 5.56 Å². The Morgan fingerprint density at radius 1 is 0.968 bits per heavy atom. The van der Waals surface area contributed by atoms with Crippen molar-refractivity contribution in [2.75, 3.05) is 26.1 Å². The van der Waals surface area contributed by atoms with Crippen LogP contribution in [0.15, 0.2) is 60.4 Å². The minimum absolute atomic E-state index is 0.149. The molecule has 8 nitrogen and oxygen atoms in total. The summed E-state index contributed by atoms with van der Waals surface area (Å²) in [6, 6.07) is 13.2. The van der Waals surface area contributed by atoms with Crippen molar-refractivity contribution in [3.8, 4) is 11.5 Å². The summed E-state index contributed by atoms with van der Waals surface area (Å²) in [5, 5.41) is 2.73. The van der Waals surface area contributed by atoms with Crippen LogP contribution in [0.2, 0.25) is 0 Å². The van der Waals surface area contributed by atoms with E-state index in [0.717, 1.165) is 26.0 Å². The number of unbranched alkanes of at least 4 members (excludes halogenated alkanes) is 1. The van der Waals surface area contributed by atoms with E-state index < -0.39 is 11.9 Å². The molecule has 31 heavy (non-hydrogen) atoms. The standard InChI is InChI=1S/C23H25NO7/c1-4-5-14-30-17-12-10-16(11-13-17)22(26)24-18-8-6-7-9-19(18)31-20(23(27)29-3)15-21(25)28-2/h6-13,15H,4-5,14H2,1-3H3,(H,24,26)/b20-15+. The van der Waals surface area contributed by atoms with Gasteiger partial charge in [0.25, 0.3) is 5.91 Å². The fourth-order valence-electron chi connectivity index (χ4n) is 2.41. The quantitative estimate of drug-likeness (QED) is 0.267. The van der Waals surface area contributed by atoms with Gasteiger partial charge in [0.1, 0.15) is 5.75 Å². The number of hydrogen-bond acceptors (Lipinski definition) is 7. The van der Waals surface area contributed by atoms with E-state index in [-0.39, 0.29) is 17.4 Å². The molecule has 0 radical (unpaired) electrons. The molecule has 0 unspecified atom stereocenters. The molecule has 1 amide bonds. The first-order chi connectivity index (χ1) is 15.0. The van der Waals surface area contributed by atoms with E-state index in [2.05, 4.69) is 21.7 Å². The minimum atomic E-state index is -0.870. The van der Waals surface area contributed by atoms with Crippen molar-refractivity contribution >= 4 is 23.5 Å². The van der Waals surface area contributed by atoms with Gasteiger partial charge in [-0.1, -0.05) is 25.5 Å². The van der Waals surface area contributed by atoms with E-state index in [1.165, 1.54) is 13.2 Å². The number of carbonyl (C=O) groups excluding carboxylic acids is 3. The van der Waals surface area contributed by atoms with Crippen LogP contribution in [0.1, 0.15) is 30.1 Å². The van der Waals surface area contributed by atoms with Gasteiger partial charge in [-0.05, 0) is 42.8 Å². The maximum Gasteiger partial charge on any atom is 0.374 e. The zero-order valence-corrected chi connectivity index (χ0v) is 17.7. The predicted octanol–water partition coefficient (Wildman–Crippen LogP) is 3.73. The molecular weight excluding hydrogens is 402 g/mol. The highest BCUT2D eigenvalue weighted by Crippen LogP contribution is 2.27. The number of para-hydroxylation sites is 2. The average molecular weight is 427 g/mol. The molecule has 0 saturated heterocycles. The number of methoxy groups -OCH3 is 2. The molecule has 2 rings (SSSR count). The Balaban J connectivity index is 2.16. The van der Waals surface area contributed by atoms with Crippen molar-refractivity contribution in [2.24, 2.45) is 0 Å². The number of ether oxygens (including phenoxy) is 4. The third-order valence-corrected chi connectivity index (χ3v) is 4.08. The third kappa shape index (κ3) is 7.18. The Labute approximate surface area is 180 Å². The zero-order chi connectivity index (χ0) is 22.6. The molecule has 1 N–H and O–H groups in total. The Hall–Kier alpha value is -3.81. The summed E-state index contributed by atoms with van der Waals surface area (Å²) < 4.78 is 20.3. The van der Waals surface area contributed by atoms with Gasteiger partial charge in [0.2, 0.25) is 5.76 Å². The van der Waals surface area contributed by atoms with Crippen LogP contribution in [-0.2, 0) is 19.1 Å². The van der Waals surface area contributed by atoms with Crippen molar-refractivity contribution in [2.45, 2.75) is 19.8 Å². The summed E-state index contributed by atoms with van der Waals surface area (Å²) in [6.07, 6.45) is 2.85. The van der Waals surface area contributed by atoms with Crippen LogP contribution in [0, 0.1) is 0 Å². The largest absolute Gasteiger partial charge is 0.494 e. The second-order valence-corrected chi connectivity index (χ2v) is 6.30. The van der Waals surface area contributed by atoms with Gasteiger partial charge in [0.15, 0.2) is 5.75 Å². The normalized spacial score (nSPS) is 10.7. The van der Waals surface area contributed by atoms with Gasteiger partial charge in [0.05, 0.1) is 32.6 Å². The molecule has 0 bridgehead atoms. The molecule has 8 heteroatoms. The molecule has 0 aliphatic rings. The third-order valence-electron chi connectivity index (χ3n) is 4.08. The minimum Gasteiger partial charge on any atom is -0.494 e. The van der Waals surface area contributed by atoms with E-state index in [0.29, 0.717) is 23.6 Å². The molecule has 0 aliphatic heterocycles. The highest BCUT2D eigenvalue weighted by atomic mass is 16.6. The molecule has 0 spiro atoms. The first kappa shape index (κ1) is 23.5. The van der Waals surface area contributed by atoms with E-state index in [4.69, 9.17) is 9.47 Å². The Bertz CT molecular complexity index is 935. The molecule has 0 fully saturated rings. The summed E-state index contributed by atoms with van der Waals surface area (Å²) in [6.45, 7) is 2.70. The van der Waals surface area contributed by atoms with Crippen molar-refractivity contribution in [1.82, 2.24) is 0 Å². The maximum absolute atomic E-state index is 12.7. The lowest BCUT2D eigenvalue weighted by Crippen LogP contribution is -2.16. The number of amides is 1. The second kappa shape index (κ2) is 12.0. The van der Waals surface area contributed by atoms with E-state index >= 15 is 0 Å². The summed E-state index contributed by atoms with van der Waals surface area (Å²) in [5.74, 6) is -1.59. The first-order valence-corrected chi connectivity index (χ1v) is 9.67. The molecular formula is C23H25NO7. The molecule has 0 heterocycles. The van der Waals surface area contributed by atoms with Gasteiger partial charge < -0.3 is 24.3 Å². The number of hydrogen-bond donors (Lipinski definition) is 1. The van der Waals surface area contributed by atoms with Crippen LogP contribution in [-0.4, -0.2) is 38.7 Å². The molecule has 2 aromatic carbocycles. The van der Waals surface area contributed by atoms with Crippen LogP contribution < -0.4 is 14.8 Å². The van der Waals surface area contributed by atoms with E-state index in [1.807, 2.05) is 0 Å². The van der Waals surface area contributed by atoms with Gasteiger partial charge in [-0.3, -0.25) is 4.79 Å². The molecule has 0 aliphatic carbocycles. The SMILES string of the molecule is CCCCOc1ccc(C(=O)Nc2ccccc2O/C(=C/C(=O)OC)C(=O)OC)cc1. The lowest BCUT2D eigenvalue weighted by molar-refractivity contribution is -0.140. The maximum atomic E-state index is 12.7. The molecule has 0 atom stereocenters. The van der Waals surface area contributed by atoms with Crippen LogP contribution in [0.3, 0.4) is 0 Å². The number of esters is 2. The Morgan fingerprint density at radius 3 is 2.32 bits per heavy atom. The van der Waals surface area contributed by atoms with Gasteiger partial charge in [-0.15, -0.1) is 0 Å².